The predicted molar refractivity (Wildman–Crippen MR) is 92.3 cm³/mol. The molecule has 0 aromatic heterocycles. The second-order valence-corrected chi connectivity index (χ2v) is 6.83. The third-order valence-electron chi connectivity index (χ3n) is 5.33. The number of benzene rings is 1. The standard InChI is InChI=1S/C20H21NO4/c1-25-17-10-11(8-9-14(17)22)18-19-12(4-2-6-15(19)23)21-13-5-3-7-16(24)20(13)18/h8-10,18,21-22H,2-7H2,1H3. The molecule has 5 heteroatoms. The molecule has 3 aliphatic rings. The first-order valence-electron chi connectivity index (χ1n) is 8.76. The molecule has 2 aliphatic carbocycles. The van der Waals surface area contributed by atoms with Gasteiger partial charge in [0.05, 0.1) is 7.11 Å². The molecule has 0 atom stereocenters. The zero-order chi connectivity index (χ0) is 17.6. The van der Waals surface area contributed by atoms with Crippen molar-refractivity contribution in [3.63, 3.8) is 0 Å². The van der Waals surface area contributed by atoms with Crippen LogP contribution >= 0.6 is 0 Å². The summed E-state index contributed by atoms with van der Waals surface area (Å²) in [6.45, 7) is 0. The van der Waals surface area contributed by atoms with E-state index in [4.69, 9.17) is 4.74 Å². The van der Waals surface area contributed by atoms with Crippen molar-refractivity contribution in [2.24, 2.45) is 0 Å². The molecule has 0 saturated carbocycles. The lowest BCUT2D eigenvalue weighted by atomic mass is 9.71. The fourth-order valence-electron chi connectivity index (χ4n) is 4.19. The Morgan fingerprint density at radius 3 is 2.16 bits per heavy atom. The SMILES string of the molecule is COc1cc(C2C3=C(CCCC3=O)NC3=C2C(=O)CCC3)ccc1O. The molecule has 1 heterocycles. The molecule has 1 aliphatic heterocycles. The highest BCUT2D eigenvalue weighted by Crippen LogP contribution is 2.46. The van der Waals surface area contributed by atoms with Crippen LogP contribution in [0.25, 0.3) is 0 Å². The number of ether oxygens (including phenoxy) is 1. The maximum atomic E-state index is 12.7. The Hall–Kier alpha value is -2.56. The van der Waals surface area contributed by atoms with E-state index in [0.29, 0.717) is 29.7 Å². The van der Waals surface area contributed by atoms with Gasteiger partial charge in [-0.2, -0.15) is 0 Å². The Balaban J connectivity index is 1.91. The van der Waals surface area contributed by atoms with Crippen molar-refractivity contribution >= 4 is 11.6 Å². The summed E-state index contributed by atoms with van der Waals surface area (Å²) in [6, 6.07) is 5.09. The maximum Gasteiger partial charge on any atom is 0.161 e. The quantitative estimate of drug-likeness (QED) is 0.866. The minimum atomic E-state index is -0.360. The Bertz CT molecular complexity index is 792. The molecule has 0 amide bonds. The van der Waals surface area contributed by atoms with Crippen molar-refractivity contribution in [3.05, 3.63) is 46.3 Å². The molecule has 1 aromatic carbocycles. The summed E-state index contributed by atoms with van der Waals surface area (Å²) in [6.07, 6.45) is 4.38. The number of methoxy groups -OCH3 is 1. The van der Waals surface area contributed by atoms with Gasteiger partial charge in [0.25, 0.3) is 0 Å². The molecule has 0 spiro atoms. The number of dihydropyridines is 1. The molecule has 0 radical (unpaired) electrons. The van der Waals surface area contributed by atoms with Crippen molar-refractivity contribution < 1.29 is 19.4 Å². The summed E-state index contributed by atoms with van der Waals surface area (Å²) in [5, 5.41) is 13.3. The number of hydrogen-bond donors (Lipinski definition) is 2. The summed E-state index contributed by atoms with van der Waals surface area (Å²) in [7, 11) is 1.49. The van der Waals surface area contributed by atoms with E-state index >= 15 is 0 Å². The molecular weight excluding hydrogens is 318 g/mol. The number of hydrogen-bond acceptors (Lipinski definition) is 5. The summed E-state index contributed by atoms with van der Waals surface area (Å²) in [5.74, 6) is 0.258. The summed E-state index contributed by atoms with van der Waals surface area (Å²) in [5.41, 5.74) is 4.17. The van der Waals surface area contributed by atoms with E-state index in [0.717, 1.165) is 42.6 Å². The molecule has 2 N–H and O–H groups in total. The lowest BCUT2D eigenvalue weighted by molar-refractivity contribution is -0.116. The average Bonchev–Trinajstić information content (AvgIpc) is 2.61. The smallest absolute Gasteiger partial charge is 0.161 e. The zero-order valence-electron chi connectivity index (χ0n) is 14.2. The first kappa shape index (κ1) is 15.9. The fourth-order valence-corrected chi connectivity index (χ4v) is 4.19. The topological polar surface area (TPSA) is 75.6 Å². The number of ketones is 2. The highest BCUT2D eigenvalue weighted by atomic mass is 16.5. The molecule has 0 fully saturated rings. The van der Waals surface area contributed by atoms with Gasteiger partial charge < -0.3 is 15.2 Å². The van der Waals surface area contributed by atoms with E-state index in [1.807, 2.05) is 0 Å². The van der Waals surface area contributed by atoms with Crippen LogP contribution in [0.3, 0.4) is 0 Å². The molecule has 0 bridgehead atoms. The molecule has 130 valence electrons. The summed E-state index contributed by atoms with van der Waals surface area (Å²) >= 11 is 0. The average molecular weight is 339 g/mol. The van der Waals surface area contributed by atoms with Crippen LogP contribution in [0.4, 0.5) is 0 Å². The second kappa shape index (κ2) is 6.06. The molecule has 0 unspecified atom stereocenters. The molecule has 4 rings (SSSR count). The lowest BCUT2D eigenvalue weighted by Crippen LogP contribution is -2.36. The first-order chi connectivity index (χ1) is 12.1. The van der Waals surface area contributed by atoms with Crippen molar-refractivity contribution in [1.29, 1.82) is 0 Å². The van der Waals surface area contributed by atoms with Crippen LogP contribution in [0, 0.1) is 0 Å². The largest absolute Gasteiger partial charge is 0.504 e. The monoisotopic (exact) mass is 339 g/mol. The van der Waals surface area contributed by atoms with Crippen LogP contribution in [0.2, 0.25) is 0 Å². The summed E-state index contributed by atoms with van der Waals surface area (Å²) in [4.78, 5) is 25.4. The van der Waals surface area contributed by atoms with Crippen LogP contribution in [-0.4, -0.2) is 23.8 Å². The van der Waals surface area contributed by atoms with Crippen LogP contribution in [0.5, 0.6) is 11.5 Å². The molecular formula is C20H21NO4. The van der Waals surface area contributed by atoms with Crippen molar-refractivity contribution in [2.45, 2.75) is 44.4 Å². The van der Waals surface area contributed by atoms with E-state index in [1.54, 1.807) is 18.2 Å². The highest BCUT2D eigenvalue weighted by Gasteiger charge is 2.40. The third-order valence-corrected chi connectivity index (χ3v) is 5.33. The molecule has 0 saturated heterocycles. The van der Waals surface area contributed by atoms with Gasteiger partial charge in [0.1, 0.15) is 0 Å². The Morgan fingerprint density at radius 1 is 1.00 bits per heavy atom. The number of rotatable bonds is 2. The maximum absolute atomic E-state index is 12.7. The number of aromatic hydroxyl groups is 1. The number of carbonyl (C=O) groups excluding carboxylic acids is 2. The number of allylic oxidation sites excluding steroid dienone is 4. The van der Waals surface area contributed by atoms with Gasteiger partial charge >= 0.3 is 0 Å². The normalized spacial score (nSPS) is 21.0. The number of carbonyl (C=O) groups is 2. The van der Waals surface area contributed by atoms with E-state index < -0.39 is 0 Å². The number of nitrogens with one attached hydrogen (secondary N) is 1. The van der Waals surface area contributed by atoms with Gasteiger partial charge in [0.15, 0.2) is 23.1 Å². The van der Waals surface area contributed by atoms with Crippen LogP contribution in [0.15, 0.2) is 40.7 Å². The summed E-state index contributed by atoms with van der Waals surface area (Å²) < 4.78 is 5.23. The Kier molecular flexibility index (Phi) is 3.86. The van der Waals surface area contributed by atoms with Gasteiger partial charge in [-0.3, -0.25) is 9.59 Å². The van der Waals surface area contributed by atoms with Gasteiger partial charge in [-0.15, -0.1) is 0 Å². The van der Waals surface area contributed by atoms with E-state index in [2.05, 4.69) is 5.32 Å². The zero-order valence-corrected chi connectivity index (χ0v) is 14.2. The van der Waals surface area contributed by atoms with Gasteiger partial charge in [0, 0.05) is 41.3 Å². The van der Waals surface area contributed by atoms with E-state index in [-0.39, 0.29) is 23.2 Å². The minimum Gasteiger partial charge on any atom is -0.504 e. The lowest BCUT2D eigenvalue weighted by Gasteiger charge is -2.37. The van der Waals surface area contributed by atoms with Gasteiger partial charge in [0.2, 0.25) is 0 Å². The van der Waals surface area contributed by atoms with Crippen molar-refractivity contribution in [2.75, 3.05) is 7.11 Å². The number of phenolic OH excluding ortho intramolecular Hbond substituents is 1. The Labute approximate surface area is 146 Å². The van der Waals surface area contributed by atoms with Gasteiger partial charge in [-0.25, -0.2) is 0 Å². The van der Waals surface area contributed by atoms with Crippen LogP contribution < -0.4 is 10.1 Å². The number of Topliss-reactive ketones (excluding diaryl/α,β-unsaturated/α-hetero) is 2. The molecule has 1 aromatic rings. The van der Waals surface area contributed by atoms with Crippen molar-refractivity contribution in [3.8, 4) is 11.5 Å². The van der Waals surface area contributed by atoms with Gasteiger partial charge in [-0.1, -0.05) is 6.07 Å². The predicted octanol–water partition coefficient (Wildman–Crippen LogP) is 3.10. The molecule has 25 heavy (non-hydrogen) atoms. The minimum absolute atomic E-state index is 0.0496. The second-order valence-electron chi connectivity index (χ2n) is 6.83. The van der Waals surface area contributed by atoms with Crippen LogP contribution in [0.1, 0.15) is 50.0 Å². The van der Waals surface area contributed by atoms with E-state index in [9.17, 15) is 14.7 Å². The first-order valence-corrected chi connectivity index (χ1v) is 8.76. The molecule has 5 nitrogen and oxygen atoms in total. The highest BCUT2D eigenvalue weighted by molar-refractivity contribution is 6.06. The van der Waals surface area contributed by atoms with Crippen molar-refractivity contribution in [1.82, 2.24) is 5.32 Å². The van der Waals surface area contributed by atoms with E-state index in [1.165, 1.54) is 7.11 Å². The third kappa shape index (κ3) is 2.54. The Morgan fingerprint density at radius 2 is 1.60 bits per heavy atom. The fraction of sp³-hybridized carbons (Fsp3) is 0.400. The van der Waals surface area contributed by atoms with Gasteiger partial charge in [-0.05, 0) is 43.4 Å². The van der Waals surface area contributed by atoms with Crippen LogP contribution in [-0.2, 0) is 9.59 Å². The number of phenols is 1.